The third-order valence-electron chi connectivity index (χ3n) is 4.78. The van der Waals surface area contributed by atoms with Crippen molar-refractivity contribution in [1.82, 2.24) is 4.90 Å². The highest BCUT2D eigenvalue weighted by molar-refractivity contribution is 6.25. The summed E-state index contributed by atoms with van der Waals surface area (Å²) in [6.07, 6.45) is 7.04. The van der Waals surface area contributed by atoms with Gasteiger partial charge in [-0.25, -0.2) is 0 Å². The summed E-state index contributed by atoms with van der Waals surface area (Å²) in [6.45, 7) is 5.67. The zero-order chi connectivity index (χ0) is 18.0. The molecule has 0 amide bonds. The van der Waals surface area contributed by atoms with E-state index < -0.39 is 5.00 Å². The van der Waals surface area contributed by atoms with Gasteiger partial charge in [0.2, 0.25) is 0 Å². The molecule has 25 heavy (non-hydrogen) atoms. The summed E-state index contributed by atoms with van der Waals surface area (Å²) in [5, 5.41) is 0. The smallest absolute Gasteiger partial charge is 0.134 e. The van der Waals surface area contributed by atoms with Gasteiger partial charge in [-0.05, 0) is 38.0 Å². The fourth-order valence-electron chi connectivity index (χ4n) is 3.51. The molecule has 1 aromatic rings. The van der Waals surface area contributed by atoms with E-state index in [1.54, 1.807) is 14.2 Å². The number of allylic oxidation sites excluding steroid dienone is 1. The Kier molecular flexibility index (Phi) is 5.19. The molecule has 0 N–H and O–H groups in total. The van der Waals surface area contributed by atoms with E-state index in [1.165, 1.54) is 0 Å². The number of hydrogen-bond acceptors (Lipinski definition) is 4. The Hall–Kier alpha value is -1.81. The van der Waals surface area contributed by atoms with E-state index in [-0.39, 0.29) is 0 Å². The fourth-order valence-corrected chi connectivity index (χ4v) is 3.80. The summed E-state index contributed by atoms with van der Waals surface area (Å²) in [4.78, 5) is 1.57. The third-order valence-corrected chi connectivity index (χ3v) is 5.10. The molecule has 0 aromatic heterocycles. The van der Waals surface area contributed by atoms with E-state index in [0.717, 1.165) is 59.9 Å². The van der Waals surface area contributed by atoms with Crippen LogP contribution in [0.3, 0.4) is 0 Å². The number of nitrogens with zero attached hydrogens (tertiary/aromatic N) is 1. The van der Waals surface area contributed by atoms with Gasteiger partial charge in [0.15, 0.2) is 0 Å². The highest BCUT2D eigenvalue weighted by atomic mass is 35.5. The molecule has 0 saturated carbocycles. The minimum absolute atomic E-state index is 0.628. The van der Waals surface area contributed by atoms with Crippen LogP contribution < -0.4 is 9.47 Å². The highest BCUT2D eigenvalue weighted by Crippen LogP contribution is 2.46. The first-order chi connectivity index (χ1) is 12.0. The van der Waals surface area contributed by atoms with Crippen LogP contribution in [0, 0.1) is 0 Å². The van der Waals surface area contributed by atoms with Gasteiger partial charge in [0.1, 0.15) is 22.3 Å². The van der Waals surface area contributed by atoms with Crippen LogP contribution in [0.4, 0.5) is 0 Å². The van der Waals surface area contributed by atoms with Crippen LogP contribution in [-0.4, -0.2) is 37.3 Å². The maximum Gasteiger partial charge on any atom is 0.134 e. The summed E-state index contributed by atoms with van der Waals surface area (Å²) in [5.41, 5.74) is 3.24. The second-order valence-corrected chi connectivity index (χ2v) is 7.29. The molecular weight excluding hydrogens is 338 g/mol. The van der Waals surface area contributed by atoms with Crippen molar-refractivity contribution in [3.63, 3.8) is 0 Å². The molecule has 0 spiro atoms. The Morgan fingerprint density at radius 2 is 1.92 bits per heavy atom. The van der Waals surface area contributed by atoms with Crippen molar-refractivity contribution in [1.29, 1.82) is 0 Å². The molecule has 0 aliphatic carbocycles. The Morgan fingerprint density at radius 1 is 1.20 bits per heavy atom. The predicted octanol–water partition coefficient (Wildman–Crippen LogP) is 4.57. The second-order valence-electron chi connectivity index (χ2n) is 6.53. The zero-order valence-corrected chi connectivity index (χ0v) is 16.2. The third kappa shape index (κ3) is 3.32. The monoisotopic (exact) mass is 363 g/mol. The van der Waals surface area contributed by atoms with Crippen LogP contribution in [0.2, 0.25) is 0 Å². The average Bonchev–Trinajstić information content (AvgIpc) is 2.60. The predicted molar refractivity (Wildman–Crippen MR) is 101 cm³/mol. The van der Waals surface area contributed by atoms with Gasteiger partial charge in [0.05, 0.1) is 26.5 Å². The number of rotatable bonds is 6. The Morgan fingerprint density at radius 3 is 2.60 bits per heavy atom. The largest absolute Gasteiger partial charge is 0.496 e. The summed E-state index contributed by atoms with van der Waals surface area (Å²) < 4.78 is 17.2. The molecular formula is C20H26ClNO3. The number of ether oxygens (including phenoxy) is 3. The van der Waals surface area contributed by atoms with Crippen molar-refractivity contribution in [2.75, 3.05) is 27.4 Å². The molecule has 0 saturated heterocycles. The minimum Gasteiger partial charge on any atom is -0.496 e. The number of methoxy groups -OCH3 is 2. The van der Waals surface area contributed by atoms with Gasteiger partial charge in [-0.1, -0.05) is 24.9 Å². The van der Waals surface area contributed by atoms with E-state index in [2.05, 4.69) is 17.9 Å². The van der Waals surface area contributed by atoms with E-state index in [4.69, 9.17) is 25.8 Å². The molecule has 2 aliphatic rings. The van der Waals surface area contributed by atoms with E-state index >= 15 is 0 Å². The molecule has 5 heteroatoms. The van der Waals surface area contributed by atoms with Gasteiger partial charge >= 0.3 is 0 Å². The molecule has 0 radical (unpaired) electrons. The summed E-state index contributed by atoms with van der Waals surface area (Å²) in [5.74, 6) is 2.53. The van der Waals surface area contributed by atoms with Gasteiger partial charge in [-0.15, -0.1) is 0 Å². The van der Waals surface area contributed by atoms with Crippen molar-refractivity contribution >= 4 is 17.3 Å². The lowest BCUT2D eigenvalue weighted by Gasteiger charge is -2.44. The quantitative estimate of drug-likeness (QED) is 0.421. The molecule has 1 atom stereocenters. The van der Waals surface area contributed by atoms with Crippen LogP contribution >= 0.6 is 11.6 Å². The molecule has 2 aliphatic heterocycles. The summed E-state index contributed by atoms with van der Waals surface area (Å²) >= 11 is 6.85. The second kappa shape index (κ2) is 7.20. The van der Waals surface area contributed by atoms with Crippen LogP contribution in [0.1, 0.15) is 37.8 Å². The van der Waals surface area contributed by atoms with Crippen LogP contribution in [0.25, 0.3) is 5.70 Å². The number of hydrogen-bond donors (Lipinski definition) is 0. The maximum atomic E-state index is 6.85. The van der Waals surface area contributed by atoms with E-state index in [1.807, 2.05) is 25.1 Å². The first-order valence-corrected chi connectivity index (χ1v) is 9.17. The van der Waals surface area contributed by atoms with Crippen LogP contribution in [-0.2, 0) is 11.2 Å². The average molecular weight is 364 g/mol. The topological polar surface area (TPSA) is 30.9 Å². The van der Waals surface area contributed by atoms with Gasteiger partial charge in [0, 0.05) is 23.7 Å². The normalized spacial score (nSPS) is 21.7. The van der Waals surface area contributed by atoms with Crippen molar-refractivity contribution < 1.29 is 14.2 Å². The molecule has 0 fully saturated rings. The van der Waals surface area contributed by atoms with Crippen LogP contribution in [0.15, 0.2) is 30.0 Å². The Bertz CT molecular complexity index is 709. The SMILES string of the molecule is CCCCOC1=CC(C)(Cl)N2CCc3c(OC)ccc(OC)c3C2=C1. The minimum atomic E-state index is -0.628. The lowest BCUT2D eigenvalue weighted by atomic mass is 9.91. The van der Waals surface area contributed by atoms with Gasteiger partial charge in [-0.2, -0.15) is 0 Å². The number of fused-ring (bicyclic) bond motifs is 3. The lowest BCUT2D eigenvalue weighted by molar-refractivity contribution is 0.204. The highest BCUT2D eigenvalue weighted by Gasteiger charge is 2.38. The Labute approximate surface area is 155 Å². The molecule has 2 heterocycles. The van der Waals surface area contributed by atoms with Gasteiger partial charge in [-0.3, -0.25) is 0 Å². The number of halogens is 1. The standard InChI is InChI=1S/C20H26ClNO3/c1-5-6-11-25-14-12-16-19-15(9-10-22(16)20(2,21)13-14)17(23-3)7-8-18(19)24-4/h7-8,12-13H,5-6,9-11H2,1-4H3. The van der Waals surface area contributed by atoms with Crippen molar-refractivity contribution in [3.8, 4) is 11.5 Å². The van der Waals surface area contributed by atoms with Crippen molar-refractivity contribution in [2.24, 2.45) is 0 Å². The molecule has 4 nitrogen and oxygen atoms in total. The van der Waals surface area contributed by atoms with E-state index in [9.17, 15) is 0 Å². The summed E-state index contributed by atoms with van der Waals surface area (Å²) in [6, 6.07) is 3.91. The molecule has 0 bridgehead atoms. The molecule has 1 aromatic carbocycles. The lowest BCUT2D eigenvalue weighted by Crippen LogP contribution is -2.44. The van der Waals surface area contributed by atoms with Gasteiger partial charge in [0.25, 0.3) is 0 Å². The first-order valence-electron chi connectivity index (χ1n) is 8.80. The van der Waals surface area contributed by atoms with Crippen LogP contribution in [0.5, 0.6) is 11.5 Å². The number of alkyl halides is 1. The molecule has 3 rings (SSSR count). The summed E-state index contributed by atoms with van der Waals surface area (Å²) in [7, 11) is 3.40. The van der Waals surface area contributed by atoms with Gasteiger partial charge < -0.3 is 19.1 Å². The maximum absolute atomic E-state index is 6.85. The number of benzene rings is 1. The number of unbranched alkanes of at least 4 members (excludes halogenated alkanes) is 1. The van der Waals surface area contributed by atoms with E-state index in [0.29, 0.717) is 6.61 Å². The Balaban J connectivity index is 2.08. The molecule has 1 unspecified atom stereocenters. The molecule has 136 valence electrons. The zero-order valence-electron chi connectivity index (χ0n) is 15.4. The van der Waals surface area contributed by atoms with Crippen molar-refractivity contribution in [2.45, 2.75) is 38.1 Å². The first kappa shape index (κ1) is 18.0. The van der Waals surface area contributed by atoms with Crippen molar-refractivity contribution in [3.05, 3.63) is 41.2 Å². The fraction of sp³-hybridized carbons (Fsp3) is 0.500.